The van der Waals surface area contributed by atoms with Crippen molar-refractivity contribution in [2.75, 3.05) is 19.0 Å². The molecule has 4 heteroatoms. The van der Waals surface area contributed by atoms with E-state index in [4.69, 9.17) is 9.47 Å². The zero-order chi connectivity index (χ0) is 20.2. The van der Waals surface area contributed by atoms with Gasteiger partial charge in [-0.2, -0.15) is 0 Å². The van der Waals surface area contributed by atoms with E-state index in [1.54, 1.807) is 7.11 Å². The third-order valence-electron chi connectivity index (χ3n) is 6.50. The molecule has 0 amide bonds. The Morgan fingerprint density at radius 1 is 1.03 bits per heavy atom. The summed E-state index contributed by atoms with van der Waals surface area (Å²) < 4.78 is 25.0. The van der Waals surface area contributed by atoms with Gasteiger partial charge in [-0.15, -0.1) is 0 Å². The van der Waals surface area contributed by atoms with Crippen LogP contribution in [0.3, 0.4) is 0 Å². The van der Waals surface area contributed by atoms with E-state index >= 15 is 0 Å². The number of hydrogen-bond donors (Lipinski definition) is 1. The molecule has 3 nitrogen and oxygen atoms in total. The molecule has 0 spiro atoms. The van der Waals surface area contributed by atoms with Gasteiger partial charge in [0.2, 0.25) is 0 Å². The van der Waals surface area contributed by atoms with Crippen molar-refractivity contribution in [2.45, 2.75) is 25.3 Å². The van der Waals surface area contributed by atoms with Gasteiger partial charge in [-0.05, 0) is 47.0 Å². The second kappa shape index (κ2) is 6.51. The van der Waals surface area contributed by atoms with Gasteiger partial charge in [0.15, 0.2) is 11.5 Å². The Labute approximate surface area is 170 Å². The van der Waals surface area contributed by atoms with E-state index < -0.39 is 0 Å². The second-order valence-electron chi connectivity index (χ2n) is 8.41. The van der Waals surface area contributed by atoms with Crippen LogP contribution in [-0.2, 0) is 5.41 Å². The lowest BCUT2D eigenvalue weighted by atomic mass is 9.65. The molecule has 0 bridgehead atoms. The molecule has 2 atom stereocenters. The molecule has 148 valence electrons. The molecule has 5 rings (SSSR count). The molecule has 1 N–H and O–H groups in total. The molecule has 0 saturated carbocycles. The van der Waals surface area contributed by atoms with Gasteiger partial charge >= 0.3 is 0 Å². The SMILES string of the molecule is COc1cccc2c1OC[C@H]1[C@@H]2Nc2ccc(-c3ccc(F)cc3)cc2C1(C)C. The van der Waals surface area contributed by atoms with Crippen molar-refractivity contribution in [1.29, 1.82) is 0 Å². The van der Waals surface area contributed by atoms with E-state index in [2.05, 4.69) is 43.4 Å². The number of para-hydroxylation sites is 1. The molecule has 2 aliphatic rings. The molecular weight excluding hydrogens is 365 g/mol. The first kappa shape index (κ1) is 18.0. The second-order valence-corrected chi connectivity index (χ2v) is 8.41. The molecule has 0 fully saturated rings. The summed E-state index contributed by atoms with van der Waals surface area (Å²) in [5.41, 5.74) is 5.55. The van der Waals surface area contributed by atoms with Gasteiger partial charge < -0.3 is 14.8 Å². The fourth-order valence-corrected chi connectivity index (χ4v) is 4.77. The summed E-state index contributed by atoms with van der Waals surface area (Å²) in [6.45, 7) is 5.19. The summed E-state index contributed by atoms with van der Waals surface area (Å²) >= 11 is 0. The highest BCUT2D eigenvalue weighted by Gasteiger charge is 2.46. The van der Waals surface area contributed by atoms with Crippen molar-refractivity contribution < 1.29 is 13.9 Å². The first-order chi connectivity index (χ1) is 14.0. The number of methoxy groups -OCH3 is 1. The monoisotopic (exact) mass is 389 g/mol. The van der Waals surface area contributed by atoms with Crippen molar-refractivity contribution in [3.63, 3.8) is 0 Å². The van der Waals surface area contributed by atoms with Crippen LogP contribution in [0, 0.1) is 11.7 Å². The Hall–Kier alpha value is -3.01. The van der Waals surface area contributed by atoms with Crippen LogP contribution in [0.1, 0.15) is 31.0 Å². The normalized spacial score (nSPS) is 21.1. The first-order valence-corrected chi connectivity index (χ1v) is 9.96. The summed E-state index contributed by atoms with van der Waals surface area (Å²) in [5.74, 6) is 1.67. The maximum absolute atomic E-state index is 13.3. The minimum atomic E-state index is -0.218. The highest BCUT2D eigenvalue weighted by Crippen LogP contribution is 2.54. The largest absolute Gasteiger partial charge is 0.493 e. The number of benzene rings is 3. The highest BCUT2D eigenvalue weighted by atomic mass is 19.1. The van der Waals surface area contributed by atoms with Crippen LogP contribution in [-0.4, -0.2) is 13.7 Å². The number of hydrogen-bond acceptors (Lipinski definition) is 3. The van der Waals surface area contributed by atoms with E-state index in [1.165, 1.54) is 17.7 Å². The molecular formula is C25H24FNO2. The van der Waals surface area contributed by atoms with E-state index in [9.17, 15) is 4.39 Å². The van der Waals surface area contributed by atoms with Gasteiger partial charge in [0.1, 0.15) is 5.82 Å². The predicted molar refractivity (Wildman–Crippen MR) is 113 cm³/mol. The third kappa shape index (κ3) is 2.78. The van der Waals surface area contributed by atoms with Crippen molar-refractivity contribution in [3.05, 3.63) is 77.6 Å². The van der Waals surface area contributed by atoms with Crippen molar-refractivity contribution >= 4 is 5.69 Å². The van der Waals surface area contributed by atoms with E-state index in [-0.39, 0.29) is 23.2 Å². The van der Waals surface area contributed by atoms with Crippen LogP contribution in [0.5, 0.6) is 11.5 Å². The predicted octanol–water partition coefficient (Wildman–Crippen LogP) is 5.95. The summed E-state index contributed by atoms with van der Waals surface area (Å²) in [7, 11) is 1.68. The van der Waals surface area contributed by atoms with Crippen LogP contribution in [0.4, 0.5) is 10.1 Å². The number of fused-ring (bicyclic) bond motifs is 4. The standard InChI is InChI=1S/C25H24FNO2/c1-25(2)19-13-16(15-7-10-17(26)11-8-15)9-12-21(19)27-23-18-5-4-6-22(28-3)24(18)29-14-20(23)25/h4-13,20,23,27H,14H2,1-3H3/t20-,23+/m0/s1. The molecule has 3 aromatic rings. The smallest absolute Gasteiger partial charge is 0.166 e. The van der Waals surface area contributed by atoms with E-state index in [0.717, 1.165) is 33.9 Å². The van der Waals surface area contributed by atoms with Gasteiger partial charge in [-0.25, -0.2) is 4.39 Å². The Balaban J connectivity index is 1.59. The number of ether oxygens (including phenoxy) is 2. The van der Waals surface area contributed by atoms with Crippen LogP contribution in [0.25, 0.3) is 11.1 Å². The molecule has 0 radical (unpaired) electrons. The number of rotatable bonds is 2. The highest BCUT2D eigenvalue weighted by molar-refractivity contribution is 5.71. The van der Waals surface area contributed by atoms with Gasteiger partial charge in [0.25, 0.3) is 0 Å². The fourth-order valence-electron chi connectivity index (χ4n) is 4.77. The maximum atomic E-state index is 13.3. The van der Waals surface area contributed by atoms with Crippen LogP contribution in [0.15, 0.2) is 60.7 Å². The Kier molecular flexibility index (Phi) is 4.05. The molecule has 3 aromatic carbocycles. The molecule has 0 aliphatic carbocycles. The van der Waals surface area contributed by atoms with Crippen molar-refractivity contribution in [2.24, 2.45) is 5.92 Å². The topological polar surface area (TPSA) is 30.5 Å². The Bertz CT molecular complexity index is 1070. The minimum Gasteiger partial charge on any atom is -0.493 e. The third-order valence-corrected chi connectivity index (χ3v) is 6.50. The summed E-state index contributed by atoms with van der Waals surface area (Å²) in [5, 5.41) is 3.75. The Morgan fingerprint density at radius 3 is 2.55 bits per heavy atom. The zero-order valence-corrected chi connectivity index (χ0v) is 16.8. The number of anilines is 1. The minimum absolute atomic E-state index is 0.0952. The lowest BCUT2D eigenvalue weighted by Crippen LogP contribution is -2.46. The quantitative estimate of drug-likeness (QED) is 0.587. The lowest BCUT2D eigenvalue weighted by Gasteiger charge is -2.48. The molecule has 0 saturated heterocycles. The fraction of sp³-hybridized carbons (Fsp3) is 0.280. The molecule has 2 heterocycles. The average molecular weight is 389 g/mol. The summed E-state index contributed by atoms with van der Waals surface area (Å²) in [6, 6.07) is 19.4. The molecule has 0 unspecified atom stereocenters. The van der Waals surface area contributed by atoms with Crippen molar-refractivity contribution in [1.82, 2.24) is 0 Å². The van der Waals surface area contributed by atoms with Crippen LogP contribution >= 0.6 is 0 Å². The maximum Gasteiger partial charge on any atom is 0.166 e. The van der Waals surface area contributed by atoms with Gasteiger partial charge in [0.05, 0.1) is 19.8 Å². The Morgan fingerprint density at radius 2 is 1.79 bits per heavy atom. The zero-order valence-electron chi connectivity index (χ0n) is 16.8. The first-order valence-electron chi connectivity index (χ1n) is 9.96. The van der Waals surface area contributed by atoms with Gasteiger partial charge in [0, 0.05) is 22.6 Å². The number of halogens is 1. The average Bonchev–Trinajstić information content (AvgIpc) is 2.73. The molecule has 0 aromatic heterocycles. The van der Waals surface area contributed by atoms with Crippen LogP contribution < -0.4 is 14.8 Å². The lowest BCUT2D eigenvalue weighted by molar-refractivity contribution is 0.131. The van der Waals surface area contributed by atoms with Crippen molar-refractivity contribution in [3.8, 4) is 22.6 Å². The summed E-state index contributed by atoms with van der Waals surface area (Å²) in [6.07, 6.45) is 0. The van der Waals surface area contributed by atoms with E-state index in [0.29, 0.717) is 6.61 Å². The molecule has 2 aliphatic heterocycles. The number of nitrogens with one attached hydrogen (secondary N) is 1. The summed E-state index contributed by atoms with van der Waals surface area (Å²) in [4.78, 5) is 0. The van der Waals surface area contributed by atoms with E-state index in [1.807, 2.05) is 24.3 Å². The molecule has 29 heavy (non-hydrogen) atoms. The van der Waals surface area contributed by atoms with Crippen LogP contribution in [0.2, 0.25) is 0 Å². The van der Waals surface area contributed by atoms with Gasteiger partial charge in [-0.3, -0.25) is 0 Å². The van der Waals surface area contributed by atoms with Gasteiger partial charge in [-0.1, -0.05) is 44.2 Å².